The van der Waals surface area contributed by atoms with Crippen LogP contribution in [-0.4, -0.2) is 0 Å². The van der Waals surface area contributed by atoms with E-state index in [1.54, 1.807) is 46.6 Å². The molecule has 2 rings (SSSR count). The molecular weight excluding hydrogens is 216 g/mol. The zero-order valence-electron chi connectivity index (χ0n) is 7.94. The number of aryl methyl sites for hydroxylation is 2. The number of rotatable bonds is 3. The first-order chi connectivity index (χ1) is 6.77. The van der Waals surface area contributed by atoms with Gasteiger partial charge in [0.2, 0.25) is 0 Å². The van der Waals surface area contributed by atoms with Crippen molar-refractivity contribution in [1.82, 2.24) is 0 Å². The molecule has 0 aliphatic heterocycles. The molecule has 2 aromatic heterocycles. The Labute approximate surface area is 90.5 Å². The second-order valence-electron chi connectivity index (χ2n) is 3.00. The second-order valence-corrected chi connectivity index (χ2v) is 5.22. The van der Waals surface area contributed by atoms with Crippen LogP contribution in [0.4, 0.5) is 0 Å². The number of furan rings is 2. The zero-order valence-corrected chi connectivity index (χ0v) is 9.58. The molecule has 0 atom stereocenters. The van der Waals surface area contributed by atoms with Gasteiger partial charge < -0.3 is 8.83 Å². The van der Waals surface area contributed by atoms with Crippen LogP contribution in [0, 0.1) is 13.8 Å². The van der Waals surface area contributed by atoms with E-state index in [4.69, 9.17) is 8.83 Å². The van der Waals surface area contributed by atoms with Crippen molar-refractivity contribution in [1.29, 1.82) is 0 Å². The molecule has 0 radical (unpaired) electrons. The topological polar surface area (TPSA) is 26.3 Å². The van der Waals surface area contributed by atoms with Gasteiger partial charge in [0.05, 0.1) is 22.3 Å². The Morgan fingerprint density at radius 2 is 1.21 bits per heavy atom. The Balaban J connectivity index is 2.02. The third kappa shape index (κ3) is 2.01. The van der Waals surface area contributed by atoms with Crippen molar-refractivity contribution in [2.75, 3.05) is 0 Å². The summed E-state index contributed by atoms with van der Waals surface area (Å²) >= 11 is 0. The number of hydrogen-bond donors (Lipinski definition) is 0. The highest BCUT2D eigenvalue weighted by Gasteiger charge is 2.06. The molecule has 2 nitrogen and oxygen atoms in total. The van der Waals surface area contributed by atoms with Gasteiger partial charge in [0, 0.05) is 11.1 Å². The monoisotopic (exact) mass is 226 g/mol. The maximum Gasteiger partial charge on any atom is 0.105 e. The van der Waals surface area contributed by atoms with E-state index in [1.807, 2.05) is 13.8 Å². The molecule has 0 aromatic carbocycles. The predicted molar refractivity (Wildman–Crippen MR) is 58.6 cm³/mol. The highest BCUT2D eigenvalue weighted by molar-refractivity contribution is 8.76. The lowest BCUT2D eigenvalue weighted by Crippen LogP contribution is -1.68. The molecule has 0 bridgehead atoms. The minimum absolute atomic E-state index is 1.16. The van der Waals surface area contributed by atoms with Crippen LogP contribution < -0.4 is 0 Å². The molecule has 4 heteroatoms. The standard InChI is InChI=1S/C10H10O2S2/c1-7-3-11-5-9(7)13-14-10-6-12-4-8(10)2/h3-6H,1-2H3. The average molecular weight is 226 g/mol. The van der Waals surface area contributed by atoms with Gasteiger partial charge in [0.15, 0.2) is 0 Å². The molecule has 0 N–H and O–H groups in total. The second kappa shape index (κ2) is 4.19. The summed E-state index contributed by atoms with van der Waals surface area (Å²) in [7, 11) is 3.38. The highest BCUT2D eigenvalue weighted by atomic mass is 33.1. The van der Waals surface area contributed by atoms with Gasteiger partial charge in [-0.15, -0.1) is 0 Å². The summed E-state index contributed by atoms with van der Waals surface area (Å²) in [5, 5.41) is 0. The lowest BCUT2D eigenvalue weighted by Gasteiger charge is -1.96. The third-order valence-electron chi connectivity index (χ3n) is 1.84. The molecule has 0 aliphatic rings. The van der Waals surface area contributed by atoms with Crippen molar-refractivity contribution in [3.05, 3.63) is 36.2 Å². The quantitative estimate of drug-likeness (QED) is 0.729. The van der Waals surface area contributed by atoms with Crippen LogP contribution in [0.5, 0.6) is 0 Å². The minimum atomic E-state index is 1.16. The SMILES string of the molecule is Cc1cocc1SSc1cocc1C. The predicted octanol–water partition coefficient (Wildman–Crippen LogP) is 4.29. The molecule has 0 aliphatic carbocycles. The van der Waals surface area contributed by atoms with E-state index >= 15 is 0 Å². The van der Waals surface area contributed by atoms with E-state index in [2.05, 4.69) is 0 Å². The average Bonchev–Trinajstić information content (AvgIpc) is 2.72. The fraction of sp³-hybridized carbons (Fsp3) is 0.200. The Hall–Kier alpha value is -0.740. The third-order valence-corrected chi connectivity index (χ3v) is 4.44. The lowest BCUT2D eigenvalue weighted by molar-refractivity contribution is 0.560. The largest absolute Gasteiger partial charge is 0.471 e. The maximum atomic E-state index is 5.09. The Morgan fingerprint density at radius 3 is 1.50 bits per heavy atom. The van der Waals surface area contributed by atoms with Gasteiger partial charge in [-0.05, 0) is 35.4 Å². The molecule has 2 aromatic rings. The minimum Gasteiger partial charge on any atom is -0.471 e. The first-order valence-electron chi connectivity index (χ1n) is 4.17. The van der Waals surface area contributed by atoms with Gasteiger partial charge in [-0.3, -0.25) is 0 Å². The molecule has 0 saturated carbocycles. The summed E-state index contributed by atoms with van der Waals surface area (Å²) in [6.45, 7) is 4.07. The summed E-state index contributed by atoms with van der Waals surface area (Å²) in [4.78, 5) is 2.33. The van der Waals surface area contributed by atoms with Crippen LogP contribution in [-0.2, 0) is 0 Å². The van der Waals surface area contributed by atoms with Crippen LogP contribution in [0.25, 0.3) is 0 Å². The van der Waals surface area contributed by atoms with Gasteiger partial charge in [-0.1, -0.05) is 0 Å². The molecule has 0 spiro atoms. The molecule has 0 saturated heterocycles. The zero-order chi connectivity index (χ0) is 9.97. The van der Waals surface area contributed by atoms with Crippen molar-refractivity contribution < 1.29 is 8.83 Å². The molecular formula is C10H10O2S2. The molecule has 0 amide bonds. The summed E-state index contributed by atoms with van der Waals surface area (Å²) in [5.41, 5.74) is 2.34. The van der Waals surface area contributed by atoms with Crippen LogP contribution in [0.2, 0.25) is 0 Å². The van der Waals surface area contributed by atoms with Crippen molar-refractivity contribution in [2.45, 2.75) is 23.6 Å². The molecule has 0 unspecified atom stereocenters. The molecule has 74 valence electrons. The van der Waals surface area contributed by atoms with Crippen LogP contribution in [0.3, 0.4) is 0 Å². The number of hydrogen-bond acceptors (Lipinski definition) is 4. The van der Waals surface area contributed by atoms with Gasteiger partial charge in [0.25, 0.3) is 0 Å². The Bertz CT molecular complexity index is 377. The summed E-state index contributed by atoms with van der Waals surface area (Å²) in [6.07, 6.45) is 7.04. The van der Waals surface area contributed by atoms with Crippen molar-refractivity contribution in [3.63, 3.8) is 0 Å². The van der Waals surface area contributed by atoms with Crippen LogP contribution in [0.1, 0.15) is 11.1 Å². The Morgan fingerprint density at radius 1 is 0.786 bits per heavy atom. The van der Waals surface area contributed by atoms with E-state index in [0.717, 1.165) is 9.79 Å². The maximum absolute atomic E-state index is 5.09. The van der Waals surface area contributed by atoms with Crippen molar-refractivity contribution in [3.8, 4) is 0 Å². The normalized spacial score (nSPS) is 10.7. The smallest absolute Gasteiger partial charge is 0.105 e. The van der Waals surface area contributed by atoms with Crippen LogP contribution >= 0.6 is 21.6 Å². The summed E-state index contributed by atoms with van der Waals surface area (Å²) in [6, 6.07) is 0. The first-order valence-corrected chi connectivity index (χ1v) is 6.32. The van der Waals surface area contributed by atoms with Crippen LogP contribution in [0.15, 0.2) is 43.7 Å². The van der Waals surface area contributed by atoms with E-state index in [0.29, 0.717) is 0 Å². The van der Waals surface area contributed by atoms with Gasteiger partial charge >= 0.3 is 0 Å². The van der Waals surface area contributed by atoms with Gasteiger partial charge in [0.1, 0.15) is 12.5 Å². The Kier molecular flexibility index (Phi) is 2.93. The summed E-state index contributed by atoms with van der Waals surface area (Å²) in [5.74, 6) is 0. The van der Waals surface area contributed by atoms with Crippen molar-refractivity contribution >= 4 is 21.6 Å². The van der Waals surface area contributed by atoms with Crippen molar-refractivity contribution in [2.24, 2.45) is 0 Å². The van der Waals surface area contributed by atoms with E-state index < -0.39 is 0 Å². The molecule has 0 fully saturated rings. The van der Waals surface area contributed by atoms with Gasteiger partial charge in [-0.2, -0.15) is 0 Å². The highest BCUT2D eigenvalue weighted by Crippen LogP contribution is 2.40. The van der Waals surface area contributed by atoms with E-state index in [-0.39, 0.29) is 0 Å². The lowest BCUT2D eigenvalue weighted by atomic mass is 10.4. The fourth-order valence-electron chi connectivity index (χ4n) is 0.958. The van der Waals surface area contributed by atoms with Gasteiger partial charge in [-0.25, -0.2) is 0 Å². The summed E-state index contributed by atoms with van der Waals surface area (Å²) < 4.78 is 10.2. The fourth-order valence-corrected chi connectivity index (χ4v) is 3.25. The molecule has 14 heavy (non-hydrogen) atoms. The first kappa shape index (κ1) is 9.80. The molecule has 2 heterocycles. The van der Waals surface area contributed by atoms with E-state index in [9.17, 15) is 0 Å². The van der Waals surface area contributed by atoms with E-state index in [1.165, 1.54) is 11.1 Å².